The Morgan fingerprint density at radius 1 is 1.58 bits per heavy atom. The van der Waals surface area contributed by atoms with Crippen molar-refractivity contribution in [2.75, 3.05) is 19.6 Å². The van der Waals surface area contributed by atoms with Crippen LogP contribution in [0.4, 0.5) is 0 Å². The molecule has 1 heterocycles. The third-order valence-corrected chi connectivity index (χ3v) is 2.30. The molecular weight excluding hydrogens is 150 g/mol. The normalized spacial score (nSPS) is 25.2. The van der Waals surface area contributed by atoms with E-state index < -0.39 is 0 Å². The van der Waals surface area contributed by atoms with E-state index in [9.17, 15) is 0 Å². The summed E-state index contributed by atoms with van der Waals surface area (Å²) in [7, 11) is 0. The quantitative estimate of drug-likeness (QED) is 0.630. The summed E-state index contributed by atoms with van der Waals surface area (Å²) in [6.07, 6.45) is 4.04. The molecule has 0 aromatic rings. The lowest BCUT2D eigenvalue weighted by molar-refractivity contribution is 0.208. The fraction of sp³-hybridized carbons (Fsp3) is 0.889. The Kier molecular flexibility index (Phi) is 4.06. The van der Waals surface area contributed by atoms with Crippen molar-refractivity contribution in [3.63, 3.8) is 0 Å². The van der Waals surface area contributed by atoms with Crippen molar-refractivity contribution < 1.29 is 0 Å². The molecular formula is C9H17N3. The first-order valence-corrected chi connectivity index (χ1v) is 4.68. The van der Waals surface area contributed by atoms with Gasteiger partial charge < -0.3 is 10.6 Å². The lowest BCUT2D eigenvalue weighted by Crippen LogP contribution is -2.43. The van der Waals surface area contributed by atoms with Crippen LogP contribution >= 0.6 is 0 Å². The minimum Gasteiger partial charge on any atom is -0.327 e. The molecule has 1 saturated heterocycles. The highest BCUT2D eigenvalue weighted by Crippen LogP contribution is 2.08. The molecule has 3 nitrogen and oxygen atoms in total. The molecule has 1 aliphatic rings. The van der Waals surface area contributed by atoms with Crippen molar-refractivity contribution in [1.29, 1.82) is 5.26 Å². The zero-order valence-electron chi connectivity index (χ0n) is 7.50. The molecule has 0 bridgehead atoms. The highest BCUT2D eigenvalue weighted by atomic mass is 15.1. The molecule has 1 unspecified atom stereocenters. The fourth-order valence-corrected chi connectivity index (χ4v) is 1.68. The molecule has 1 aliphatic heterocycles. The number of hydrogen-bond acceptors (Lipinski definition) is 3. The fourth-order valence-electron chi connectivity index (χ4n) is 1.68. The SMILES string of the molecule is N#CCCCN1CCCC(N)C1. The van der Waals surface area contributed by atoms with Gasteiger partial charge in [0.15, 0.2) is 0 Å². The van der Waals surface area contributed by atoms with Crippen molar-refractivity contribution in [2.45, 2.75) is 31.7 Å². The van der Waals surface area contributed by atoms with Gasteiger partial charge in [-0.2, -0.15) is 5.26 Å². The van der Waals surface area contributed by atoms with Crippen molar-refractivity contribution in [3.8, 4) is 6.07 Å². The molecule has 0 radical (unpaired) electrons. The van der Waals surface area contributed by atoms with Crippen LogP contribution in [0.1, 0.15) is 25.7 Å². The molecule has 1 fully saturated rings. The van der Waals surface area contributed by atoms with E-state index in [4.69, 9.17) is 11.0 Å². The van der Waals surface area contributed by atoms with Gasteiger partial charge in [0.2, 0.25) is 0 Å². The summed E-state index contributed by atoms with van der Waals surface area (Å²) in [5.41, 5.74) is 5.82. The molecule has 0 amide bonds. The Bertz CT molecular complexity index is 162. The maximum Gasteiger partial charge on any atom is 0.0622 e. The maximum atomic E-state index is 8.35. The lowest BCUT2D eigenvalue weighted by atomic mass is 10.1. The third-order valence-electron chi connectivity index (χ3n) is 2.30. The van der Waals surface area contributed by atoms with Crippen molar-refractivity contribution in [2.24, 2.45) is 5.73 Å². The second kappa shape index (κ2) is 5.13. The highest BCUT2D eigenvalue weighted by Gasteiger charge is 2.15. The van der Waals surface area contributed by atoms with Crippen LogP contribution in [0.25, 0.3) is 0 Å². The van der Waals surface area contributed by atoms with Gasteiger partial charge in [0.1, 0.15) is 0 Å². The first-order valence-electron chi connectivity index (χ1n) is 4.68. The molecule has 68 valence electrons. The summed E-state index contributed by atoms with van der Waals surface area (Å²) in [5, 5.41) is 8.35. The second-order valence-electron chi connectivity index (χ2n) is 3.46. The van der Waals surface area contributed by atoms with Gasteiger partial charge in [0.05, 0.1) is 6.07 Å². The minimum atomic E-state index is 0.362. The van der Waals surface area contributed by atoms with Crippen LogP contribution in [0.5, 0.6) is 0 Å². The first-order chi connectivity index (χ1) is 5.83. The monoisotopic (exact) mass is 167 g/mol. The predicted molar refractivity (Wildman–Crippen MR) is 48.5 cm³/mol. The van der Waals surface area contributed by atoms with E-state index in [-0.39, 0.29) is 0 Å². The van der Waals surface area contributed by atoms with E-state index in [1.807, 2.05) is 0 Å². The number of likely N-dealkylation sites (tertiary alicyclic amines) is 1. The Morgan fingerprint density at radius 2 is 2.42 bits per heavy atom. The molecule has 1 atom stereocenters. The standard InChI is InChI=1S/C9H17N3/c10-5-1-2-6-12-7-3-4-9(11)8-12/h9H,1-4,6-8,11H2. The van der Waals surface area contributed by atoms with Crippen molar-refractivity contribution in [3.05, 3.63) is 0 Å². The van der Waals surface area contributed by atoms with Gasteiger partial charge in [-0.1, -0.05) is 0 Å². The van der Waals surface area contributed by atoms with E-state index in [1.54, 1.807) is 0 Å². The number of unbranched alkanes of at least 4 members (excludes halogenated alkanes) is 1. The smallest absolute Gasteiger partial charge is 0.0622 e. The molecule has 0 saturated carbocycles. The first kappa shape index (κ1) is 9.50. The Hall–Kier alpha value is -0.590. The van der Waals surface area contributed by atoms with E-state index in [2.05, 4.69) is 11.0 Å². The maximum absolute atomic E-state index is 8.35. The van der Waals surface area contributed by atoms with Gasteiger partial charge in [0, 0.05) is 19.0 Å². The summed E-state index contributed by atoms with van der Waals surface area (Å²) in [6.45, 7) is 3.23. The van der Waals surface area contributed by atoms with Gasteiger partial charge >= 0.3 is 0 Å². The molecule has 0 aliphatic carbocycles. The molecule has 0 aromatic carbocycles. The van der Waals surface area contributed by atoms with Crippen molar-refractivity contribution >= 4 is 0 Å². The van der Waals surface area contributed by atoms with Crippen LogP contribution in [0.2, 0.25) is 0 Å². The van der Waals surface area contributed by atoms with Crippen LogP contribution in [0.15, 0.2) is 0 Å². The molecule has 2 N–H and O–H groups in total. The van der Waals surface area contributed by atoms with Crippen LogP contribution in [-0.4, -0.2) is 30.6 Å². The number of piperidine rings is 1. The van der Waals surface area contributed by atoms with Gasteiger partial charge in [-0.05, 0) is 32.4 Å². The second-order valence-corrected chi connectivity index (χ2v) is 3.46. The minimum absolute atomic E-state index is 0.362. The summed E-state index contributed by atoms with van der Waals surface area (Å²) in [6, 6.07) is 2.52. The number of nitrogens with two attached hydrogens (primary N) is 1. The molecule has 0 aromatic heterocycles. The third kappa shape index (κ3) is 3.21. The van der Waals surface area contributed by atoms with E-state index in [0.29, 0.717) is 12.5 Å². The zero-order valence-corrected chi connectivity index (χ0v) is 7.50. The van der Waals surface area contributed by atoms with Crippen LogP contribution in [0, 0.1) is 11.3 Å². The number of nitrogens with zero attached hydrogens (tertiary/aromatic N) is 2. The molecule has 0 spiro atoms. The Balaban J connectivity index is 2.11. The van der Waals surface area contributed by atoms with Crippen LogP contribution < -0.4 is 5.73 Å². The lowest BCUT2D eigenvalue weighted by Gasteiger charge is -2.30. The molecule has 1 rings (SSSR count). The van der Waals surface area contributed by atoms with Crippen molar-refractivity contribution in [1.82, 2.24) is 4.90 Å². The average molecular weight is 167 g/mol. The molecule has 3 heteroatoms. The topological polar surface area (TPSA) is 53.0 Å². The Morgan fingerprint density at radius 3 is 3.08 bits per heavy atom. The highest BCUT2D eigenvalue weighted by molar-refractivity contribution is 4.76. The van der Waals surface area contributed by atoms with Gasteiger partial charge in [-0.25, -0.2) is 0 Å². The largest absolute Gasteiger partial charge is 0.327 e. The van der Waals surface area contributed by atoms with Crippen LogP contribution in [-0.2, 0) is 0 Å². The van der Waals surface area contributed by atoms with E-state index >= 15 is 0 Å². The number of rotatable bonds is 3. The van der Waals surface area contributed by atoms with Gasteiger partial charge in [-0.3, -0.25) is 0 Å². The van der Waals surface area contributed by atoms with Gasteiger partial charge in [-0.15, -0.1) is 0 Å². The van der Waals surface area contributed by atoms with Crippen LogP contribution in [0.3, 0.4) is 0 Å². The summed E-state index contributed by atoms with van der Waals surface area (Å²) in [5.74, 6) is 0. The summed E-state index contributed by atoms with van der Waals surface area (Å²) < 4.78 is 0. The Labute approximate surface area is 74.1 Å². The summed E-state index contributed by atoms with van der Waals surface area (Å²) >= 11 is 0. The zero-order chi connectivity index (χ0) is 8.81. The number of hydrogen-bond donors (Lipinski definition) is 1. The molecule has 12 heavy (non-hydrogen) atoms. The summed E-state index contributed by atoms with van der Waals surface area (Å²) in [4.78, 5) is 2.37. The van der Waals surface area contributed by atoms with Gasteiger partial charge in [0.25, 0.3) is 0 Å². The predicted octanol–water partition coefficient (Wildman–Crippen LogP) is 0.713. The van der Waals surface area contributed by atoms with E-state index in [0.717, 1.165) is 25.9 Å². The van der Waals surface area contributed by atoms with E-state index in [1.165, 1.54) is 13.0 Å². The number of nitriles is 1. The average Bonchev–Trinajstić information content (AvgIpc) is 2.05.